The minimum Gasteiger partial charge on any atom is -0.506 e. The molecule has 3 aromatic rings. The number of hydrogen-bond donors (Lipinski definition) is 3. The molecule has 2 heterocycles. The van der Waals surface area contributed by atoms with Gasteiger partial charge in [-0.2, -0.15) is 5.10 Å². The molecule has 0 aliphatic carbocycles. The first-order chi connectivity index (χ1) is 8.58. The normalized spacial score (nSPS) is 11.2. The first-order valence-electron chi connectivity index (χ1n) is 5.68. The molecule has 0 aliphatic rings. The van der Waals surface area contributed by atoms with Gasteiger partial charge in [0.15, 0.2) is 0 Å². The van der Waals surface area contributed by atoms with Gasteiger partial charge in [-0.1, -0.05) is 12.1 Å². The summed E-state index contributed by atoms with van der Waals surface area (Å²) >= 11 is 0. The molecule has 0 amide bonds. The topological polar surface area (TPSA) is 79.9 Å². The van der Waals surface area contributed by atoms with Crippen LogP contribution in [0.5, 0.6) is 5.75 Å². The summed E-state index contributed by atoms with van der Waals surface area (Å²) in [6.45, 7) is 1.96. The van der Waals surface area contributed by atoms with Crippen molar-refractivity contribution in [1.29, 1.82) is 0 Å². The number of hydrogen-bond acceptors (Lipinski definition) is 3. The summed E-state index contributed by atoms with van der Waals surface area (Å²) in [5.41, 5.74) is 9.29. The van der Waals surface area contributed by atoms with Gasteiger partial charge in [-0.3, -0.25) is 4.68 Å². The highest BCUT2D eigenvalue weighted by molar-refractivity contribution is 5.99. The van der Waals surface area contributed by atoms with Crippen molar-refractivity contribution >= 4 is 16.7 Å². The Labute approximate surface area is 104 Å². The van der Waals surface area contributed by atoms with Crippen LogP contribution < -0.4 is 5.73 Å². The molecule has 3 rings (SSSR count). The van der Waals surface area contributed by atoms with Gasteiger partial charge in [0.05, 0.1) is 11.2 Å². The fourth-order valence-corrected chi connectivity index (χ4v) is 2.27. The van der Waals surface area contributed by atoms with Crippen LogP contribution in [0.2, 0.25) is 0 Å². The van der Waals surface area contributed by atoms with Crippen molar-refractivity contribution in [3.05, 3.63) is 30.0 Å². The molecule has 4 N–H and O–H groups in total. The summed E-state index contributed by atoms with van der Waals surface area (Å²) in [6, 6.07) is 7.27. The molecule has 5 nitrogen and oxygen atoms in total. The maximum atomic E-state index is 9.83. The maximum absolute atomic E-state index is 9.83. The van der Waals surface area contributed by atoms with E-state index in [9.17, 15) is 5.11 Å². The minimum atomic E-state index is 0.241. The van der Waals surface area contributed by atoms with Crippen molar-refractivity contribution in [2.24, 2.45) is 7.05 Å². The Morgan fingerprint density at radius 2 is 2.17 bits per heavy atom. The first kappa shape index (κ1) is 10.7. The summed E-state index contributed by atoms with van der Waals surface area (Å²) in [6.07, 6.45) is 0. The number of aryl methyl sites for hydroxylation is 2. The zero-order valence-corrected chi connectivity index (χ0v) is 10.2. The number of anilines is 1. The SMILES string of the molecule is Cc1[nH]c2c(O)cccc2c1-c1cc(N)n(C)n1. The highest BCUT2D eigenvalue weighted by atomic mass is 16.3. The van der Waals surface area contributed by atoms with E-state index in [1.54, 1.807) is 17.8 Å². The summed E-state index contributed by atoms with van der Waals surface area (Å²) < 4.78 is 1.64. The molecule has 0 atom stereocenters. The zero-order valence-electron chi connectivity index (χ0n) is 10.2. The van der Waals surface area contributed by atoms with Crippen LogP contribution in [0.3, 0.4) is 0 Å². The van der Waals surface area contributed by atoms with Crippen LogP contribution in [-0.4, -0.2) is 19.9 Å². The predicted octanol–water partition coefficient (Wildman–Crippen LogP) is 2.16. The largest absolute Gasteiger partial charge is 0.506 e. The Bertz CT molecular complexity index is 719. The lowest BCUT2D eigenvalue weighted by atomic mass is 10.1. The van der Waals surface area contributed by atoms with E-state index < -0.39 is 0 Å². The third-order valence-electron chi connectivity index (χ3n) is 3.17. The molecular weight excluding hydrogens is 228 g/mol. The van der Waals surface area contributed by atoms with Gasteiger partial charge in [0.2, 0.25) is 0 Å². The molecule has 0 fully saturated rings. The van der Waals surface area contributed by atoms with E-state index >= 15 is 0 Å². The molecule has 0 aliphatic heterocycles. The molecule has 0 saturated heterocycles. The number of benzene rings is 1. The fraction of sp³-hybridized carbons (Fsp3) is 0.154. The van der Waals surface area contributed by atoms with Crippen molar-refractivity contribution < 1.29 is 5.11 Å². The molecule has 0 saturated carbocycles. The fourth-order valence-electron chi connectivity index (χ4n) is 2.27. The number of nitrogens with one attached hydrogen (secondary N) is 1. The smallest absolute Gasteiger partial charge is 0.139 e. The van der Waals surface area contributed by atoms with Crippen molar-refractivity contribution in [3.63, 3.8) is 0 Å². The Morgan fingerprint density at radius 1 is 1.39 bits per heavy atom. The van der Waals surface area contributed by atoms with Crippen LogP contribution in [0, 0.1) is 6.92 Å². The summed E-state index contributed by atoms with van der Waals surface area (Å²) in [4.78, 5) is 3.18. The van der Waals surface area contributed by atoms with E-state index in [4.69, 9.17) is 5.73 Å². The quantitative estimate of drug-likeness (QED) is 0.611. The van der Waals surface area contributed by atoms with Crippen molar-refractivity contribution in [2.45, 2.75) is 6.92 Å². The second-order valence-corrected chi connectivity index (χ2v) is 4.40. The Balaban J connectivity index is 2.35. The lowest BCUT2D eigenvalue weighted by molar-refractivity contribution is 0.480. The van der Waals surface area contributed by atoms with Gasteiger partial charge in [-0.15, -0.1) is 0 Å². The average molecular weight is 242 g/mol. The van der Waals surface area contributed by atoms with Crippen LogP contribution in [0.25, 0.3) is 22.2 Å². The standard InChI is InChI=1S/C13H14N4O/c1-7-12(9-6-11(14)17(2)16-9)8-4-3-5-10(18)13(8)15-7/h3-6,15,18H,14H2,1-2H3. The van der Waals surface area contributed by atoms with E-state index in [2.05, 4.69) is 10.1 Å². The number of phenolic OH excluding ortho intramolecular Hbond substituents is 1. The number of nitrogens with two attached hydrogens (primary N) is 1. The summed E-state index contributed by atoms with van der Waals surface area (Å²) in [5.74, 6) is 0.852. The third-order valence-corrected chi connectivity index (χ3v) is 3.17. The van der Waals surface area contributed by atoms with E-state index in [0.717, 1.165) is 27.9 Å². The molecule has 0 radical (unpaired) electrons. The van der Waals surface area contributed by atoms with Gasteiger partial charge in [0, 0.05) is 29.8 Å². The highest BCUT2D eigenvalue weighted by Gasteiger charge is 2.15. The predicted molar refractivity (Wildman–Crippen MR) is 71.3 cm³/mol. The van der Waals surface area contributed by atoms with Crippen LogP contribution in [0.4, 0.5) is 5.82 Å². The van der Waals surface area contributed by atoms with Crippen LogP contribution in [0.1, 0.15) is 5.69 Å². The number of nitrogen functional groups attached to an aromatic ring is 1. The van der Waals surface area contributed by atoms with Gasteiger partial charge in [0.1, 0.15) is 11.6 Å². The Hall–Kier alpha value is -2.43. The first-order valence-corrected chi connectivity index (χ1v) is 5.68. The van der Waals surface area contributed by atoms with Gasteiger partial charge in [0.25, 0.3) is 0 Å². The number of fused-ring (bicyclic) bond motifs is 1. The van der Waals surface area contributed by atoms with Crippen molar-refractivity contribution in [3.8, 4) is 17.0 Å². The molecule has 0 unspecified atom stereocenters. The van der Waals surface area contributed by atoms with Crippen LogP contribution in [-0.2, 0) is 7.05 Å². The van der Waals surface area contributed by atoms with Crippen molar-refractivity contribution in [2.75, 3.05) is 5.73 Å². The number of H-pyrrole nitrogens is 1. The number of para-hydroxylation sites is 1. The molecule has 0 spiro atoms. The molecule has 1 aromatic carbocycles. The minimum absolute atomic E-state index is 0.241. The van der Waals surface area contributed by atoms with E-state index in [0.29, 0.717) is 5.82 Å². The number of aromatic amines is 1. The number of nitrogens with zero attached hydrogens (tertiary/aromatic N) is 2. The molecule has 92 valence electrons. The molecule has 18 heavy (non-hydrogen) atoms. The van der Waals surface area contributed by atoms with Gasteiger partial charge < -0.3 is 15.8 Å². The Kier molecular flexibility index (Phi) is 2.10. The number of rotatable bonds is 1. The van der Waals surface area contributed by atoms with Crippen LogP contribution >= 0.6 is 0 Å². The van der Waals surface area contributed by atoms with E-state index in [1.807, 2.05) is 25.1 Å². The van der Waals surface area contributed by atoms with Gasteiger partial charge in [-0.25, -0.2) is 0 Å². The lowest BCUT2D eigenvalue weighted by Crippen LogP contribution is -1.96. The second-order valence-electron chi connectivity index (χ2n) is 4.40. The summed E-state index contributed by atoms with van der Waals surface area (Å²) in [7, 11) is 1.81. The maximum Gasteiger partial charge on any atom is 0.139 e. The van der Waals surface area contributed by atoms with Crippen molar-refractivity contribution in [1.82, 2.24) is 14.8 Å². The number of phenols is 1. The second kappa shape index (κ2) is 3.53. The molecule has 2 aromatic heterocycles. The number of aromatic nitrogens is 3. The van der Waals surface area contributed by atoms with E-state index in [-0.39, 0.29) is 5.75 Å². The molecular formula is C13H14N4O. The van der Waals surface area contributed by atoms with Crippen LogP contribution in [0.15, 0.2) is 24.3 Å². The van der Waals surface area contributed by atoms with Gasteiger partial charge >= 0.3 is 0 Å². The Morgan fingerprint density at radius 3 is 2.83 bits per heavy atom. The third kappa shape index (κ3) is 1.37. The molecule has 0 bridgehead atoms. The monoisotopic (exact) mass is 242 g/mol. The zero-order chi connectivity index (χ0) is 12.9. The number of aromatic hydroxyl groups is 1. The summed E-state index contributed by atoms with van der Waals surface area (Å²) in [5, 5.41) is 15.2. The van der Waals surface area contributed by atoms with Gasteiger partial charge in [-0.05, 0) is 13.0 Å². The average Bonchev–Trinajstić information content (AvgIpc) is 2.81. The lowest BCUT2D eigenvalue weighted by Gasteiger charge is -1.97. The molecule has 5 heteroatoms. The van der Waals surface area contributed by atoms with E-state index in [1.165, 1.54) is 0 Å². The highest BCUT2D eigenvalue weighted by Crippen LogP contribution is 2.35.